The van der Waals surface area contributed by atoms with Gasteiger partial charge >= 0.3 is 0 Å². The van der Waals surface area contributed by atoms with E-state index in [1.807, 2.05) is 0 Å². The van der Waals surface area contributed by atoms with Crippen LogP contribution in [-0.2, 0) is 5.41 Å². The van der Waals surface area contributed by atoms with Crippen LogP contribution in [0.4, 0.5) is 17.1 Å². The molecule has 0 amide bonds. The molecule has 1 nitrogen and oxygen atoms in total. The van der Waals surface area contributed by atoms with Gasteiger partial charge in [0, 0.05) is 22.1 Å². The Labute approximate surface area is 362 Å². The molecule has 0 spiro atoms. The molecule has 0 heterocycles. The van der Waals surface area contributed by atoms with Gasteiger partial charge in [0.25, 0.3) is 0 Å². The molecule has 12 rings (SSSR count). The van der Waals surface area contributed by atoms with Crippen LogP contribution in [0.5, 0.6) is 0 Å². The second-order valence-electron chi connectivity index (χ2n) is 17.2. The zero-order valence-electron chi connectivity index (χ0n) is 34.8. The maximum absolute atomic E-state index is 2.53. The van der Waals surface area contributed by atoms with Crippen molar-refractivity contribution in [2.75, 3.05) is 4.90 Å². The number of hydrogen-bond acceptors (Lipinski definition) is 1. The summed E-state index contributed by atoms with van der Waals surface area (Å²) in [6, 6.07) is 83.2. The molecule has 62 heavy (non-hydrogen) atoms. The van der Waals surface area contributed by atoms with E-state index in [0.717, 1.165) is 17.1 Å². The zero-order chi connectivity index (χ0) is 41.4. The van der Waals surface area contributed by atoms with Crippen molar-refractivity contribution in [3.05, 3.63) is 236 Å². The monoisotopic (exact) mass is 789 g/mol. The maximum Gasteiger partial charge on any atom is 0.0546 e. The first-order chi connectivity index (χ1) is 30.5. The first-order valence-corrected chi connectivity index (χ1v) is 21.7. The average Bonchev–Trinajstić information content (AvgIpc) is 3.57. The topological polar surface area (TPSA) is 3.24 Å². The highest BCUT2D eigenvalue weighted by molar-refractivity contribution is 6.18. The quantitative estimate of drug-likeness (QED) is 0.152. The molecule has 0 saturated heterocycles. The van der Waals surface area contributed by atoms with Crippen LogP contribution in [0.15, 0.2) is 224 Å². The summed E-state index contributed by atoms with van der Waals surface area (Å²) in [4.78, 5) is 2.53. The smallest absolute Gasteiger partial charge is 0.0546 e. The van der Waals surface area contributed by atoms with E-state index in [-0.39, 0.29) is 5.41 Å². The predicted octanol–water partition coefficient (Wildman–Crippen LogP) is 17.1. The second kappa shape index (κ2) is 14.2. The summed E-state index contributed by atoms with van der Waals surface area (Å²) in [5.74, 6) is 0. The van der Waals surface area contributed by atoms with Gasteiger partial charge in [0.2, 0.25) is 0 Å². The molecule has 0 fully saturated rings. The standard InChI is InChI=1S/C61H43N/c1-61(2)56-29-15-14-26-51(56)52-36-33-44(38-57(52)61)60-54(55-37-42-19-6-8-21-46(42)48-23-10-11-25-50(48)55)28-16-30-58(60)62(45-34-31-41(32-35-45)40-17-4-3-5-18-40)59-39-43-20-7-9-22-47(43)49-24-12-13-27-53(49)59/h3-39H,1-2H3. The summed E-state index contributed by atoms with van der Waals surface area (Å²) >= 11 is 0. The Bertz CT molecular complexity index is 3540. The fourth-order valence-corrected chi connectivity index (χ4v) is 10.5. The van der Waals surface area contributed by atoms with E-state index >= 15 is 0 Å². The third kappa shape index (κ3) is 5.62. The minimum atomic E-state index is -0.159. The van der Waals surface area contributed by atoms with Crippen molar-refractivity contribution in [2.45, 2.75) is 19.3 Å². The van der Waals surface area contributed by atoms with E-state index in [0.29, 0.717) is 0 Å². The van der Waals surface area contributed by atoms with Gasteiger partial charge in [-0.1, -0.05) is 202 Å². The van der Waals surface area contributed by atoms with Gasteiger partial charge < -0.3 is 4.90 Å². The number of fused-ring (bicyclic) bond motifs is 9. The molecule has 11 aromatic rings. The highest BCUT2D eigenvalue weighted by Gasteiger charge is 2.36. The molecule has 11 aromatic carbocycles. The van der Waals surface area contributed by atoms with Crippen LogP contribution in [0.3, 0.4) is 0 Å². The Balaban J connectivity index is 1.20. The third-order valence-electron chi connectivity index (χ3n) is 13.4. The molecule has 0 atom stereocenters. The summed E-state index contributed by atoms with van der Waals surface area (Å²) in [7, 11) is 0. The van der Waals surface area contributed by atoms with E-state index in [9.17, 15) is 0 Å². The van der Waals surface area contributed by atoms with Gasteiger partial charge in [0.05, 0.1) is 11.4 Å². The van der Waals surface area contributed by atoms with E-state index in [4.69, 9.17) is 0 Å². The normalized spacial score (nSPS) is 12.8. The Kier molecular flexibility index (Phi) is 8.27. The molecule has 0 radical (unpaired) electrons. The Morgan fingerprint density at radius 2 is 0.839 bits per heavy atom. The lowest BCUT2D eigenvalue weighted by atomic mass is 9.80. The molecule has 1 aliphatic rings. The minimum absolute atomic E-state index is 0.159. The van der Waals surface area contributed by atoms with Gasteiger partial charge in [0.1, 0.15) is 0 Å². The Morgan fingerprint density at radius 1 is 0.306 bits per heavy atom. The van der Waals surface area contributed by atoms with Crippen molar-refractivity contribution >= 4 is 60.2 Å². The van der Waals surface area contributed by atoms with Crippen LogP contribution in [0.25, 0.3) is 87.6 Å². The van der Waals surface area contributed by atoms with Gasteiger partial charge in [0.15, 0.2) is 0 Å². The lowest BCUT2D eigenvalue weighted by Gasteiger charge is -2.31. The van der Waals surface area contributed by atoms with E-state index in [1.165, 1.54) is 98.7 Å². The summed E-state index contributed by atoms with van der Waals surface area (Å²) in [5.41, 5.74) is 15.8. The van der Waals surface area contributed by atoms with Crippen molar-refractivity contribution < 1.29 is 0 Å². The lowest BCUT2D eigenvalue weighted by molar-refractivity contribution is 0.660. The average molecular weight is 790 g/mol. The molecular formula is C61H43N. The third-order valence-corrected chi connectivity index (χ3v) is 13.4. The Morgan fingerprint density at radius 3 is 1.58 bits per heavy atom. The molecule has 0 aliphatic heterocycles. The highest BCUT2D eigenvalue weighted by Crippen LogP contribution is 2.53. The van der Waals surface area contributed by atoms with Gasteiger partial charge in [-0.15, -0.1) is 0 Å². The second-order valence-corrected chi connectivity index (χ2v) is 17.2. The molecule has 0 N–H and O–H groups in total. The summed E-state index contributed by atoms with van der Waals surface area (Å²) in [6.07, 6.45) is 0. The summed E-state index contributed by atoms with van der Waals surface area (Å²) in [5, 5.41) is 9.91. The molecule has 0 unspecified atom stereocenters. The van der Waals surface area contributed by atoms with Crippen LogP contribution in [0.1, 0.15) is 25.0 Å². The van der Waals surface area contributed by atoms with Crippen LogP contribution >= 0.6 is 0 Å². The Hall–Kier alpha value is -7.74. The minimum Gasteiger partial charge on any atom is -0.309 e. The lowest BCUT2D eigenvalue weighted by Crippen LogP contribution is -2.15. The predicted molar refractivity (Wildman–Crippen MR) is 265 cm³/mol. The zero-order valence-corrected chi connectivity index (χ0v) is 34.8. The molecule has 0 saturated carbocycles. The first kappa shape index (κ1) is 36.1. The van der Waals surface area contributed by atoms with Crippen LogP contribution in [-0.4, -0.2) is 0 Å². The molecule has 0 aromatic heterocycles. The van der Waals surface area contributed by atoms with E-state index in [2.05, 4.69) is 243 Å². The number of benzene rings is 11. The number of hydrogen-bond donors (Lipinski definition) is 0. The molecule has 1 aliphatic carbocycles. The van der Waals surface area contributed by atoms with E-state index < -0.39 is 0 Å². The molecule has 292 valence electrons. The molecule has 1 heteroatoms. The van der Waals surface area contributed by atoms with Gasteiger partial charge in [-0.2, -0.15) is 0 Å². The van der Waals surface area contributed by atoms with Crippen LogP contribution in [0, 0.1) is 0 Å². The largest absolute Gasteiger partial charge is 0.309 e. The highest BCUT2D eigenvalue weighted by atomic mass is 15.1. The fraction of sp³-hybridized carbons (Fsp3) is 0.0492. The first-order valence-electron chi connectivity index (χ1n) is 21.7. The van der Waals surface area contributed by atoms with Crippen molar-refractivity contribution in [2.24, 2.45) is 0 Å². The van der Waals surface area contributed by atoms with Crippen LogP contribution in [0.2, 0.25) is 0 Å². The van der Waals surface area contributed by atoms with Gasteiger partial charge in [-0.25, -0.2) is 0 Å². The number of rotatable bonds is 6. The number of anilines is 3. The number of nitrogens with zero attached hydrogens (tertiary/aromatic N) is 1. The summed E-state index contributed by atoms with van der Waals surface area (Å²) < 4.78 is 0. The van der Waals surface area contributed by atoms with Gasteiger partial charge in [-0.05, 0) is 124 Å². The fourth-order valence-electron chi connectivity index (χ4n) is 10.5. The molecular weight excluding hydrogens is 747 g/mol. The molecule has 0 bridgehead atoms. The van der Waals surface area contributed by atoms with Crippen LogP contribution < -0.4 is 4.90 Å². The van der Waals surface area contributed by atoms with Crippen molar-refractivity contribution in [1.82, 2.24) is 0 Å². The van der Waals surface area contributed by atoms with Crippen molar-refractivity contribution in [3.63, 3.8) is 0 Å². The SMILES string of the molecule is CC1(C)c2ccccc2-c2ccc(-c3c(-c4cc5ccccc5c5ccccc45)cccc3N(c3ccc(-c4ccccc4)cc3)c3cc4ccccc4c4ccccc34)cc21. The van der Waals surface area contributed by atoms with Gasteiger partial charge in [-0.3, -0.25) is 0 Å². The maximum atomic E-state index is 2.53. The van der Waals surface area contributed by atoms with Crippen molar-refractivity contribution in [3.8, 4) is 44.5 Å². The summed E-state index contributed by atoms with van der Waals surface area (Å²) in [6.45, 7) is 4.76. The van der Waals surface area contributed by atoms with Crippen molar-refractivity contribution in [1.29, 1.82) is 0 Å². The van der Waals surface area contributed by atoms with E-state index in [1.54, 1.807) is 0 Å².